The van der Waals surface area contributed by atoms with Crippen molar-refractivity contribution in [2.75, 3.05) is 7.11 Å². The first-order valence-electron chi connectivity index (χ1n) is 6.14. The van der Waals surface area contributed by atoms with Crippen LogP contribution < -0.4 is 4.74 Å². The highest BCUT2D eigenvalue weighted by atomic mass is 16.5. The second-order valence-corrected chi connectivity index (χ2v) is 4.53. The zero-order chi connectivity index (χ0) is 14.7. The summed E-state index contributed by atoms with van der Waals surface area (Å²) in [7, 11) is 3.25. The molecule has 0 N–H and O–H groups in total. The lowest BCUT2D eigenvalue weighted by molar-refractivity contribution is 0.0965. The zero-order valence-electron chi connectivity index (χ0n) is 11.6. The summed E-state index contributed by atoms with van der Waals surface area (Å²) >= 11 is 0. The fourth-order valence-electron chi connectivity index (χ4n) is 2.08. The predicted octanol–water partition coefficient (Wildman–Crippen LogP) is 2.23. The van der Waals surface area contributed by atoms with Crippen molar-refractivity contribution in [1.82, 2.24) is 9.55 Å². The van der Waals surface area contributed by atoms with E-state index >= 15 is 0 Å². The lowest BCUT2D eigenvalue weighted by Crippen LogP contribution is -2.16. The number of benzene rings is 1. The molecule has 5 nitrogen and oxygen atoms in total. The van der Waals surface area contributed by atoms with Crippen molar-refractivity contribution in [3.05, 3.63) is 47.5 Å². The first-order chi connectivity index (χ1) is 9.58. The summed E-state index contributed by atoms with van der Waals surface area (Å²) in [4.78, 5) is 16.5. The number of aromatic nitrogens is 2. The molecule has 0 aliphatic carbocycles. The summed E-state index contributed by atoms with van der Waals surface area (Å²) < 4.78 is 6.86. The van der Waals surface area contributed by atoms with Crippen molar-refractivity contribution in [1.29, 1.82) is 5.26 Å². The number of hydrogen-bond donors (Lipinski definition) is 0. The van der Waals surface area contributed by atoms with E-state index in [1.807, 2.05) is 13.0 Å². The Bertz CT molecular complexity index is 683. The number of nitriles is 1. The average molecular weight is 269 g/mol. The summed E-state index contributed by atoms with van der Waals surface area (Å²) in [6.07, 6.45) is 3.21. The third-order valence-electron chi connectivity index (χ3n) is 3.13. The molecule has 102 valence electrons. The molecule has 0 aliphatic heterocycles. The molecule has 2 aromatic rings. The molecular weight excluding hydrogens is 254 g/mol. The Kier molecular flexibility index (Phi) is 3.85. The van der Waals surface area contributed by atoms with Crippen LogP contribution in [0.4, 0.5) is 0 Å². The molecule has 2 rings (SSSR count). The number of rotatable bonds is 4. The molecule has 0 saturated carbocycles. The monoisotopic (exact) mass is 269 g/mol. The molecule has 1 aromatic carbocycles. The molecule has 1 atom stereocenters. The van der Waals surface area contributed by atoms with Crippen LogP contribution >= 0.6 is 0 Å². The van der Waals surface area contributed by atoms with Crippen LogP contribution in [-0.2, 0) is 7.05 Å². The SMILES string of the molecule is COc1ccc(C)cc1C(C#N)C(=O)c1nccn1C. The largest absolute Gasteiger partial charge is 0.496 e. The number of Topliss-reactive ketones (excluding diaryl/α,β-unsaturated/α-hetero) is 1. The maximum Gasteiger partial charge on any atom is 0.219 e. The van der Waals surface area contributed by atoms with Gasteiger partial charge in [-0.2, -0.15) is 5.26 Å². The van der Waals surface area contributed by atoms with Crippen molar-refractivity contribution in [3.63, 3.8) is 0 Å². The van der Waals surface area contributed by atoms with E-state index in [1.54, 1.807) is 29.9 Å². The van der Waals surface area contributed by atoms with E-state index in [9.17, 15) is 10.1 Å². The van der Waals surface area contributed by atoms with Crippen molar-refractivity contribution in [2.45, 2.75) is 12.8 Å². The van der Waals surface area contributed by atoms with Gasteiger partial charge in [0.1, 0.15) is 11.7 Å². The van der Waals surface area contributed by atoms with Gasteiger partial charge in [0.25, 0.3) is 0 Å². The highest BCUT2D eigenvalue weighted by Gasteiger charge is 2.27. The molecule has 5 heteroatoms. The summed E-state index contributed by atoms with van der Waals surface area (Å²) in [6, 6.07) is 7.49. The molecular formula is C15H15N3O2. The molecule has 0 aliphatic rings. The fraction of sp³-hybridized carbons (Fsp3) is 0.267. The van der Waals surface area contributed by atoms with E-state index in [1.165, 1.54) is 13.3 Å². The molecule has 1 unspecified atom stereocenters. The lowest BCUT2D eigenvalue weighted by Gasteiger charge is -2.13. The van der Waals surface area contributed by atoms with Gasteiger partial charge in [-0.25, -0.2) is 4.98 Å². The van der Waals surface area contributed by atoms with E-state index in [4.69, 9.17) is 4.74 Å². The second-order valence-electron chi connectivity index (χ2n) is 4.53. The minimum atomic E-state index is -0.925. The van der Waals surface area contributed by atoms with Gasteiger partial charge < -0.3 is 9.30 Å². The van der Waals surface area contributed by atoms with Crippen LogP contribution in [0.3, 0.4) is 0 Å². The molecule has 0 fully saturated rings. The molecule has 0 saturated heterocycles. The number of methoxy groups -OCH3 is 1. The highest BCUT2D eigenvalue weighted by molar-refractivity contribution is 6.00. The molecule has 1 heterocycles. The quantitative estimate of drug-likeness (QED) is 0.798. The molecule has 1 aromatic heterocycles. The van der Waals surface area contributed by atoms with Crippen LogP contribution in [0, 0.1) is 18.3 Å². The third-order valence-corrected chi connectivity index (χ3v) is 3.13. The fourth-order valence-corrected chi connectivity index (χ4v) is 2.08. The Morgan fingerprint density at radius 3 is 2.80 bits per heavy atom. The summed E-state index contributed by atoms with van der Waals surface area (Å²) in [5.41, 5.74) is 1.54. The third kappa shape index (κ3) is 2.41. The van der Waals surface area contributed by atoms with E-state index in [-0.39, 0.29) is 11.6 Å². The Labute approximate surface area is 117 Å². The van der Waals surface area contributed by atoms with Gasteiger partial charge in [0.15, 0.2) is 5.82 Å². The van der Waals surface area contributed by atoms with Gasteiger partial charge in [-0.3, -0.25) is 4.79 Å². The number of hydrogen-bond acceptors (Lipinski definition) is 4. The van der Waals surface area contributed by atoms with Crippen molar-refractivity contribution in [2.24, 2.45) is 7.05 Å². The number of carbonyl (C=O) groups excluding carboxylic acids is 1. The van der Waals surface area contributed by atoms with Gasteiger partial charge >= 0.3 is 0 Å². The van der Waals surface area contributed by atoms with Crippen LogP contribution in [0.25, 0.3) is 0 Å². The predicted molar refractivity (Wildman–Crippen MR) is 73.6 cm³/mol. The van der Waals surface area contributed by atoms with E-state index in [0.29, 0.717) is 11.3 Å². The molecule has 0 bridgehead atoms. The number of ether oxygens (including phenoxy) is 1. The zero-order valence-corrected chi connectivity index (χ0v) is 11.6. The number of aryl methyl sites for hydroxylation is 2. The van der Waals surface area contributed by atoms with Crippen LogP contribution in [0.1, 0.15) is 27.7 Å². The van der Waals surface area contributed by atoms with Crippen LogP contribution in [0.5, 0.6) is 5.75 Å². The Morgan fingerprint density at radius 2 is 2.25 bits per heavy atom. The topological polar surface area (TPSA) is 67.9 Å². The molecule has 0 amide bonds. The Hall–Kier alpha value is -2.61. The number of imidazole rings is 1. The van der Waals surface area contributed by atoms with Crippen LogP contribution in [-0.4, -0.2) is 22.4 Å². The van der Waals surface area contributed by atoms with E-state index in [2.05, 4.69) is 11.1 Å². The van der Waals surface area contributed by atoms with Gasteiger partial charge in [0.05, 0.1) is 13.2 Å². The Morgan fingerprint density at radius 1 is 1.50 bits per heavy atom. The molecule has 20 heavy (non-hydrogen) atoms. The van der Waals surface area contributed by atoms with Crippen LogP contribution in [0.15, 0.2) is 30.6 Å². The molecule has 0 spiro atoms. The van der Waals surface area contributed by atoms with Crippen molar-refractivity contribution >= 4 is 5.78 Å². The number of carbonyl (C=O) groups is 1. The minimum Gasteiger partial charge on any atom is -0.496 e. The van der Waals surface area contributed by atoms with Gasteiger partial charge in [-0.15, -0.1) is 0 Å². The van der Waals surface area contributed by atoms with Gasteiger partial charge in [-0.1, -0.05) is 17.7 Å². The van der Waals surface area contributed by atoms with Crippen molar-refractivity contribution in [3.8, 4) is 11.8 Å². The van der Waals surface area contributed by atoms with E-state index < -0.39 is 5.92 Å². The van der Waals surface area contributed by atoms with Crippen molar-refractivity contribution < 1.29 is 9.53 Å². The summed E-state index contributed by atoms with van der Waals surface area (Å²) in [6.45, 7) is 1.91. The first-order valence-corrected chi connectivity index (χ1v) is 6.14. The first kappa shape index (κ1) is 13.8. The second kappa shape index (κ2) is 5.57. The summed E-state index contributed by atoms with van der Waals surface area (Å²) in [5, 5.41) is 9.39. The number of ketones is 1. The van der Waals surface area contributed by atoms with Gasteiger partial charge in [-0.05, 0) is 13.0 Å². The standard InChI is InChI=1S/C15H15N3O2/c1-10-4-5-13(20-3)11(8-10)12(9-16)14(19)15-17-6-7-18(15)2/h4-8,12H,1-3H3. The smallest absolute Gasteiger partial charge is 0.219 e. The lowest BCUT2D eigenvalue weighted by atomic mass is 9.93. The highest BCUT2D eigenvalue weighted by Crippen LogP contribution is 2.29. The van der Waals surface area contributed by atoms with Gasteiger partial charge in [0, 0.05) is 25.0 Å². The summed E-state index contributed by atoms with van der Waals surface area (Å²) in [5.74, 6) is -0.459. The Balaban J connectivity index is 2.49. The van der Waals surface area contributed by atoms with Crippen LogP contribution in [0.2, 0.25) is 0 Å². The van der Waals surface area contributed by atoms with E-state index in [0.717, 1.165) is 5.56 Å². The minimum absolute atomic E-state index is 0.264. The maximum atomic E-state index is 12.5. The molecule has 0 radical (unpaired) electrons. The normalized spacial score (nSPS) is 11.7. The average Bonchev–Trinajstić information content (AvgIpc) is 2.86. The van der Waals surface area contributed by atoms with Gasteiger partial charge in [0.2, 0.25) is 5.78 Å². The number of nitrogens with zero attached hydrogens (tertiary/aromatic N) is 3. The maximum absolute atomic E-state index is 12.5.